The largest absolute Gasteiger partial charge is 0.463 e. The van der Waals surface area contributed by atoms with Gasteiger partial charge in [0.1, 0.15) is 11.4 Å². The fourth-order valence-electron chi connectivity index (χ4n) is 2.15. The third kappa shape index (κ3) is 4.44. The summed E-state index contributed by atoms with van der Waals surface area (Å²) in [6.45, 7) is 0. The quantitative estimate of drug-likeness (QED) is 0.358. The van der Waals surface area contributed by atoms with Crippen molar-refractivity contribution in [3.8, 4) is 0 Å². The lowest BCUT2D eigenvalue weighted by Gasteiger charge is -2.04. The van der Waals surface area contributed by atoms with E-state index in [9.17, 15) is 20.2 Å². The highest BCUT2D eigenvalue weighted by atomic mass is 32.1. The van der Waals surface area contributed by atoms with E-state index < -0.39 is 15.5 Å². The predicted octanol–water partition coefficient (Wildman–Crippen LogP) is 4.69. The molecule has 9 nitrogen and oxygen atoms in total. The van der Waals surface area contributed by atoms with Gasteiger partial charge in [-0.15, -0.1) is 11.3 Å². The molecular formula is C17H12N4O5S. The molecule has 1 aromatic carbocycles. The van der Waals surface area contributed by atoms with Crippen molar-refractivity contribution in [2.24, 2.45) is 5.10 Å². The minimum absolute atomic E-state index is 0.0270. The van der Waals surface area contributed by atoms with Crippen molar-refractivity contribution in [3.05, 3.63) is 91.0 Å². The van der Waals surface area contributed by atoms with E-state index >= 15 is 0 Å². The van der Waals surface area contributed by atoms with Gasteiger partial charge >= 0.3 is 5.69 Å². The number of nitro benzene ring substituents is 2. The highest BCUT2D eigenvalue weighted by Gasteiger charge is 2.19. The number of furan rings is 1. The second-order valence-electron chi connectivity index (χ2n) is 5.15. The Balaban J connectivity index is 1.92. The Bertz CT molecular complexity index is 1010. The highest BCUT2D eigenvalue weighted by molar-refractivity contribution is 7.10. The van der Waals surface area contributed by atoms with Gasteiger partial charge in [0.25, 0.3) is 5.69 Å². The van der Waals surface area contributed by atoms with Gasteiger partial charge in [0, 0.05) is 10.9 Å². The Morgan fingerprint density at radius 1 is 1.15 bits per heavy atom. The molecule has 0 fully saturated rings. The van der Waals surface area contributed by atoms with Gasteiger partial charge in [0.2, 0.25) is 0 Å². The first-order valence-corrected chi connectivity index (χ1v) is 8.44. The van der Waals surface area contributed by atoms with E-state index in [2.05, 4.69) is 10.5 Å². The molecule has 0 aliphatic carbocycles. The first-order chi connectivity index (χ1) is 13.0. The van der Waals surface area contributed by atoms with E-state index in [1.54, 1.807) is 29.5 Å². The smallest absolute Gasteiger partial charge is 0.301 e. The standard InChI is InChI=1S/C17H12N4O5S/c22-20(23)12-5-7-14(16(11-12)21(24)25)18-19-15(17-4-1-9-26-17)8-6-13-3-2-10-27-13/h1-11,18H/b8-6+,19-15+. The number of rotatable bonds is 7. The number of hydrogen-bond acceptors (Lipinski definition) is 8. The summed E-state index contributed by atoms with van der Waals surface area (Å²) in [5.74, 6) is 0.458. The van der Waals surface area contributed by atoms with Crippen molar-refractivity contribution >= 4 is 40.2 Å². The molecule has 0 unspecified atom stereocenters. The SMILES string of the molecule is O=[N+]([O-])c1ccc(N/N=C(\C=C\c2cccs2)c2ccco2)c([N+](=O)[O-])c1. The third-order valence-electron chi connectivity index (χ3n) is 3.41. The number of hydrogen-bond donors (Lipinski definition) is 1. The summed E-state index contributed by atoms with van der Waals surface area (Å²) in [6.07, 6.45) is 5.02. The fraction of sp³-hybridized carbons (Fsp3) is 0. The number of allylic oxidation sites excluding steroid dienone is 1. The van der Waals surface area contributed by atoms with E-state index in [4.69, 9.17) is 4.42 Å². The number of thiophene rings is 1. The van der Waals surface area contributed by atoms with Crippen molar-refractivity contribution in [1.29, 1.82) is 0 Å². The summed E-state index contributed by atoms with van der Waals surface area (Å²) in [5, 5.41) is 28.1. The summed E-state index contributed by atoms with van der Waals surface area (Å²) < 4.78 is 5.34. The van der Waals surface area contributed by atoms with Crippen molar-refractivity contribution in [1.82, 2.24) is 0 Å². The summed E-state index contributed by atoms with van der Waals surface area (Å²) >= 11 is 1.54. The molecule has 0 spiro atoms. The minimum Gasteiger partial charge on any atom is -0.463 e. The van der Waals surface area contributed by atoms with Gasteiger partial charge in [0.15, 0.2) is 5.76 Å². The van der Waals surface area contributed by atoms with Crippen LogP contribution in [0.1, 0.15) is 10.6 Å². The summed E-state index contributed by atoms with van der Waals surface area (Å²) in [5.41, 5.74) is 2.20. The third-order valence-corrected chi connectivity index (χ3v) is 4.25. The minimum atomic E-state index is -0.709. The van der Waals surface area contributed by atoms with Gasteiger partial charge in [-0.25, -0.2) is 0 Å². The number of nitrogens with zero attached hydrogens (tertiary/aromatic N) is 3. The predicted molar refractivity (Wildman–Crippen MR) is 102 cm³/mol. The van der Waals surface area contributed by atoms with E-state index in [0.29, 0.717) is 11.5 Å². The van der Waals surface area contributed by atoms with Crippen LogP contribution in [0.5, 0.6) is 0 Å². The molecule has 2 heterocycles. The molecule has 10 heteroatoms. The van der Waals surface area contributed by atoms with Crippen LogP contribution in [-0.2, 0) is 0 Å². The zero-order valence-corrected chi connectivity index (χ0v) is 14.5. The number of nitrogens with one attached hydrogen (secondary N) is 1. The highest BCUT2D eigenvalue weighted by Crippen LogP contribution is 2.29. The first-order valence-electron chi connectivity index (χ1n) is 7.56. The van der Waals surface area contributed by atoms with Crippen molar-refractivity contribution < 1.29 is 14.3 Å². The molecule has 27 heavy (non-hydrogen) atoms. The monoisotopic (exact) mass is 384 g/mol. The molecule has 3 aromatic rings. The van der Waals surface area contributed by atoms with Crippen molar-refractivity contribution in [3.63, 3.8) is 0 Å². The van der Waals surface area contributed by atoms with Crippen molar-refractivity contribution in [2.45, 2.75) is 0 Å². The Morgan fingerprint density at radius 2 is 2.00 bits per heavy atom. The molecule has 2 aromatic heterocycles. The van der Waals surface area contributed by atoms with Crippen LogP contribution in [0.15, 0.2) is 69.7 Å². The Labute approximate surface area is 156 Å². The van der Waals surface area contributed by atoms with Crippen LogP contribution in [0, 0.1) is 20.2 Å². The zero-order chi connectivity index (χ0) is 19.2. The van der Waals surface area contributed by atoms with Crippen LogP contribution in [0.2, 0.25) is 0 Å². The lowest BCUT2D eigenvalue weighted by Crippen LogP contribution is -2.02. The average molecular weight is 384 g/mol. The molecular weight excluding hydrogens is 372 g/mol. The molecule has 0 aliphatic rings. The van der Waals surface area contributed by atoms with Gasteiger partial charge in [0.05, 0.1) is 22.2 Å². The molecule has 3 rings (SSSR count). The molecule has 0 saturated carbocycles. The van der Waals surface area contributed by atoms with Gasteiger partial charge in [-0.3, -0.25) is 25.7 Å². The Kier molecular flexibility index (Phi) is 5.38. The number of anilines is 1. The molecule has 0 aliphatic heterocycles. The van der Waals surface area contributed by atoms with Crippen molar-refractivity contribution in [2.75, 3.05) is 5.43 Å². The van der Waals surface area contributed by atoms with Crippen LogP contribution in [0.25, 0.3) is 6.08 Å². The zero-order valence-electron chi connectivity index (χ0n) is 13.6. The first kappa shape index (κ1) is 18.0. The van der Waals surface area contributed by atoms with Crippen LogP contribution >= 0.6 is 11.3 Å². The lowest BCUT2D eigenvalue weighted by atomic mass is 10.2. The fourth-order valence-corrected chi connectivity index (χ4v) is 2.76. The van der Waals surface area contributed by atoms with E-state index in [0.717, 1.165) is 10.9 Å². The summed E-state index contributed by atoms with van der Waals surface area (Å²) in [6, 6.07) is 10.5. The number of benzene rings is 1. The molecule has 0 bridgehead atoms. The maximum Gasteiger partial charge on any atom is 0.301 e. The lowest BCUT2D eigenvalue weighted by molar-refractivity contribution is -0.393. The van der Waals surface area contributed by atoms with Crippen LogP contribution in [0.4, 0.5) is 17.1 Å². The average Bonchev–Trinajstić information content (AvgIpc) is 3.35. The number of nitro groups is 2. The molecule has 0 amide bonds. The van der Waals surface area contributed by atoms with E-state index in [-0.39, 0.29) is 11.4 Å². The van der Waals surface area contributed by atoms with E-state index in [1.807, 2.05) is 23.6 Å². The van der Waals surface area contributed by atoms with Gasteiger partial charge in [-0.05, 0) is 41.8 Å². The second-order valence-corrected chi connectivity index (χ2v) is 6.13. The summed E-state index contributed by atoms with van der Waals surface area (Å²) in [7, 11) is 0. The van der Waals surface area contributed by atoms with Crippen LogP contribution < -0.4 is 5.43 Å². The molecule has 1 N–H and O–H groups in total. The van der Waals surface area contributed by atoms with Crippen LogP contribution in [0.3, 0.4) is 0 Å². The van der Waals surface area contributed by atoms with Gasteiger partial charge < -0.3 is 4.42 Å². The second kappa shape index (κ2) is 8.06. The maximum atomic E-state index is 11.2. The molecule has 0 radical (unpaired) electrons. The van der Waals surface area contributed by atoms with Gasteiger partial charge in [-0.1, -0.05) is 6.07 Å². The molecule has 0 atom stereocenters. The normalized spacial score (nSPS) is 11.6. The van der Waals surface area contributed by atoms with Gasteiger partial charge in [-0.2, -0.15) is 5.10 Å². The molecule has 0 saturated heterocycles. The Morgan fingerprint density at radius 3 is 2.63 bits per heavy atom. The van der Waals surface area contributed by atoms with Crippen LogP contribution in [-0.4, -0.2) is 15.6 Å². The van der Waals surface area contributed by atoms with E-state index in [1.165, 1.54) is 18.4 Å². The topological polar surface area (TPSA) is 124 Å². The maximum absolute atomic E-state index is 11.2. The summed E-state index contributed by atoms with van der Waals surface area (Å²) in [4.78, 5) is 21.6. The number of non-ortho nitro benzene ring substituents is 1. The molecule has 136 valence electrons. The Hall–Kier alpha value is -3.79. The number of hydrazone groups is 1.